The van der Waals surface area contributed by atoms with E-state index in [1.807, 2.05) is 49.2 Å². The lowest BCUT2D eigenvalue weighted by molar-refractivity contribution is -0.120. The lowest BCUT2D eigenvalue weighted by Crippen LogP contribution is -2.39. The second-order valence-electron chi connectivity index (χ2n) is 7.03. The third-order valence-corrected chi connectivity index (χ3v) is 4.80. The van der Waals surface area contributed by atoms with Crippen molar-refractivity contribution in [2.45, 2.75) is 39.3 Å². The molecule has 0 radical (unpaired) electrons. The standard InChI is InChI=1S/C22H30N2O3/c1-15(2)17-7-10-19(11-8-17)23-22(25)16(3)24(4)14-18-9-12-20(26-5)13-21(18)27-6/h7-13,15-16H,14H2,1-6H3,(H,23,25)/t16-/m0/s1. The number of ether oxygens (including phenoxy) is 2. The Labute approximate surface area is 162 Å². The molecule has 1 amide bonds. The SMILES string of the molecule is COc1ccc(CN(C)[C@@H](C)C(=O)Nc2ccc(C(C)C)cc2)c(OC)c1. The summed E-state index contributed by atoms with van der Waals surface area (Å²) < 4.78 is 10.7. The molecule has 0 unspecified atom stereocenters. The molecule has 2 rings (SSSR count). The number of methoxy groups -OCH3 is 2. The molecule has 0 aliphatic heterocycles. The van der Waals surface area contributed by atoms with Crippen LogP contribution in [0.2, 0.25) is 0 Å². The molecule has 0 heterocycles. The van der Waals surface area contributed by atoms with E-state index in [0.29, 0.717) is 12.5 Å². The van der Waals surface area contributed by atoms with Crippen LogP contribution in [0.4, 0.5) is 5.69 Å². The molecule has 2 aromatic carbocycles. The largest absolute Gasteiger partial charge is 0.497 e. The number of hydrogen-bond donors (Lipinski definition) is 1. The molecule has 0 aromatic heterocycles. The summed E-state index contributed by atoms with van der Waals surface area (Å²) in [5.74, 6) is 1.92. The Bertz CT molecular complexity index is 757. The Morgan fingerprint density at radius 2 is 1.70 bits per heavy atom. The van der Waals surface area contributed by atoms with E-state index < -0.39 is 0 Å². The third kappa shape index (κ3) is 5.47. The zero-order chi connectivity index (χ0) is 20.0. The zero-order valence-electron chi connectivity index (χ0n) is 17.1. The number of carbonyl (C=O) groups is 1. The predicted octanol–water partition coefficient (Wildman–Crippen LogP) is 4.29. The first-order chi connectivity index (χ1) is 12.8. The minimum absolute atomic E-state index is 0.0396. The Morgan fingerprint density at radius 3 is 2.26 bits per heavy atom. The van der Waals surface area contributed by atoms with Gasteiger partial charge in [0.2, 0.25) is 5.91 Å². The number of hydrogen-bond acceptors (Lipinski definition) is 4. The highest BCUT2D eigenvalue weighted by atomic mass is 16.5. The molecule has 1 atom stereocenters. The lowest BCUT2D eigenvalue weighted by Gasteiger charge is -2.25. The molecule has 0 bridgehead atoms. The van der Waals surface area contributed by atoms with Crippen LogP contribution in [-0.2, 0) is 11.3 Å². The van der Waals surface area contributed by atoms with Crippen molar-refractivity contribution < 1.29 is 14.3 Å². The van der Waals surface area contributed by atoms with Gasteiger partial charge in [-0.25, -0.2) is 0 Å². The molecule has 0 aliphatic rings. The monoisotopic (exact) mass is 370 g/mol. The Balaban J connectivity index is 2.01. The van der Waals surface area contributed by atoms with E-state index in [0.717, 1.165) is 22.7 Å². The molecule has 1 N–H and O–H groups in total. The number of anilines is 1. The van der Waals surface area contributed by atoms with Crippen LogP contribution >= 0.6 is 0 Å². The van der Waals surface area contributed by atoms with Crippen LogP contribution in [0.1, 0.15) is 37.8 Å². The highest BCUT2D eigenvalue weighted by molar-refractivity contribution is 5.94. The van der Waals surface area contributed by atoms with Crippen molar-refractivity contribution in [3.63, 3.8) is 0 Å². The fraction of sp³-hybridized carbons (Fsp3) is 0.409. The number of likely N-dealkylation sites (N-methyl/N-ethyl adjacent to an activating group) is 1. The normalized spacial score (nSPS) is 12.1. The van der Waals surface area contributed by atoms with Crippen molar-refractivity contribution in [2.75, 3.05) is 26.6 Å². The molecular formula is C22H30N2O3. The van der Waals surface area contributed by atoms with Gasteiger partial charge in [0.05, 0.1) is 20.3 Å². The van der Waals surface area contributed by atoms with Gasteiger partial charge in [-0.1, -0.05) is 32.0 Å². The maximum Gasteiger partial charge on any atom is 0.241 e. The lowest BCUT2D eigenvalue weighted by atomic mass is 10.0. The van der Waals surface area contributed by atoms with Crippen molar-refractivity contribution in [2.24, 2.45) is 0 Å². The fourth-order valence-electron chi connectivity index (χ4n) is 2.79. The predicted molar refractivity (Wildman–Crippen MR) is 110 cm³/mol. The van der Waals surface area contributed by atoms with Crippen LogP contribution in [0.15, 0.2) is 42.5 Å². The van der Waals surface area contributed by atoms with E-state index in [9.17, 15) is 4.79 Å². The van der Waals surface area contributed by atoms with Crippen molar-refractivity contribution in [1.82, 2.24) is 4.90 Å². The van der Waals surface area contributed by atoms with Gasteiger partial charge in [0.1, 0.15) is 11.5 Å². The minimum atomic E-state index is -0.290. The summed E-state index contributed by atoms with van der Waals surface area (Å²) in [7, 11) is 5.19. The quantitative estimate of drug-likeness (QED) is 0.753. The molecule has 146 valence electrons. The van der Waals surface area contributed by atoms with Gasteiger partial charge in [0.15, 0.2) is 0 Å². The van der Waals surface area contributed by atoms with Gasteiger partial charge in [-0.2, -0.15) is 0 Å². The Kier molecular flexibility index (Phi) is 7.25. The van der Waals surface area contributed by atoms with Gasteiger partial charge >= 0.3 is 0 Å². The van der Waals surface area contributed by atoms with Crippen LogP contribution < -0.4 is 14.8 Å². The Morgan fingerprint density at radius 1 is 1.04 bits per heavy atom. The number of nitrogens with one attached hydrogen (secondary N) is 1. The van der Waals surface area contributed by atoms with Crippen LogP contribution in [0, 0.1) is 0 Å². The van der Waals surface area contributed by atoms with E-state index >= 15 is 0 Å². The molecule has 0 saturated carbocycles. The number of benzene rings is 2. The average molecular weight is 370 g/mol. The second-order valence-corrected chi connectivity index (χ2v) is 7.03. The van der Waals surface area contributed by atoms with Gasteiger partial charge in [0, 0.05) is 23.9 Å². The summed E-state index contributed by atoms with van der Waals surface area (Å²) in [6.07, 6.45) is 0. The van der Waals surface area contributed by atoms with E-state index in [1.54, 1.807) is 14.2 Å². The zero-order valence-corrected chi connectivity index (χ0v) is 17.1. The summed E-state index contributed by atoms with van der Waals surface area (Å²) >= 11 is 0. The number of carbonyl (C=O) groups excluding carboxylic acids is 1. The molecule has 5 nitrogen and oxygen atoms in total. The minimum Gasteiger partial charge on any atom is -0.497 e. The summed E-state index contributed by atoms with van der Waals surface area (Å²) in [6, 6.07) is 13.4. The molecule has 0 fully saturated rings. The van der Waals surface area contributed by atoms with E-state index in [-0.39, 0.29) is 11.9 Å². The molecule has 2 aromatic rings. The summed E-state index contributed by atoms with van der Waals surface area (Å²) in [6.45, 7) is 6.79. The van der Waals surface area contributed by atoms with E-state index in [4.69, 9.17) is 9.47 Å². The molecule has 27 heavy (non-hydrogen) atoms. The van der Waals surface area contributed by atoms with Crippen LogP contribution in [0.25, 0.3) is 0 Å². The summed E-state index contributed by atoms with van der Waals surface area (Å²) in [4.78, 5) is 14.6. The summed E-state index contributed by atoms with van der Waals surface area (Å²) in [5.41, 5.74) is 3.07. The highest BCUT2D eigenvalue weighted by Gasteiger charge is 2.20. The first-order valence-electron chi connectivity index (χ1n) is 9.17. The second kappa shape index (κ2) is 9.42. The van der Waals surface area contributed by atoms with Crippen molar-refractivity contribution in [3.05, 3.63) is 53.6 Å². The van der Waals surface area contributed by atoms with Gasteiger partial charge in [-0.05, 0) is 43.7 Å². The van der Waals surface area contributed by atoms with E-state index in [2.05, 4.69) is 31.3 Å². The molecule has 5 heteroatoms. The van der Waals surface area contributed by atoms with Crippen molar-refractivity contribution in [1.29, 1.82) is 0 Å². The van der Waals surface area contributed by atoms with Gasteiger partial charge in [0.25, 0.3) is 0 Å². The maximum absolute atomic E-state index is 12.6. The van der Waals surface area contributed by atoms with E-state index in [1.165, 1.54) is 5.56 Å². The van der Waals surface area contributed by atoms with Crippen molar-refractivity contribution in [3.8, 4) is 11.5 Å². The van der Waals surface area contributed by atoms with Gasteiger partial charge in [-0.3, -0.25) is 9.69 Å². The number of rotatable bonds is 8. The van der Waals surface area contributed by atoms with Crippen LogP contribution in [0.5, 0.6) is 11.5 Å². The third-order valence-electron chi connectivity index (χ3n) is 4.80. The fourth-order valence-corrected chi connectivity index (χ4v) is 2.79. The summed E-state index contributed by atoms with van der Waals surface area (Å²) in [5, 5.41) is 2.99. The molecule has 0 saturated heterocycles. The topological polar surface area (TPSA) is 50.8 Å². The van der Waals surface area contributed by atoms with Crippen molar-refractivity contribution >= 4 is 11.6 Å². The maximum atomic E-state index is 12.6. The van der Waals surface area contributed by atoms with Gasteiger partial charge in [-0.15, -0.1) is 0 Å². The number of amides is 1. The van der Waals surface area contributed by atoms with Crippen LogP contribution in [-0.4, -0.2) is 38.1 Å². The first-order valence-corrected chi connectivity index (χ1v) is 9.17. The molecular weight excluding hydrogens is 340 g/mol. The van der Waals surface area contributed by atoms with Crippen LogP contribution in [0.3, 0.4) is 0 Å². The number of nitrogens with zero attached hydrogens (tertiary/aromatic N) is 1. The first kappa shape index (κ1) is 20.8. The van der Waals surface area contributed by atoms with Gasteiger partial charge < -0.3 is 14.8 Å². The molecule has 0 aliphatic carbocycles. The Hall–Kier alpha value is -2.53. The highest BCUT2D eigenvalue weighted by Crippen LogP contribution is 2.26. The smallest absolute Gasteiger partial charge is 0.241 e. The molecule has 0 spiro atoms. The average Bonchev–Trinajstić information content (AvgIpc) is 2.67.